The van der Waals surface area contributed by atoms with Gasteiger partial charge in [-0.3, -0.25) is 0 Å². The Kier molecular flexibility index (Phi) is 4.43. The van der Waals surface area contributed by atoms with Crippen LogP contribution in [0.3, 0.4) is 0 Å². The second-order valence-corrected chi connectivity index (χ2v) is 16.5. The van der Waals surface area contributed by atoms with Gasteiger partial charge >= 0.3 is 0 Å². The maximum atomic E-state index is 4.37. The standard InChI is InChI=1S/C7H2Br6N4/c8-6(9,10)3-1-4(7(11,12)13)17-5(16-3)14-2-15-17/h1-2H. The first kappa shape index (κ1) is 14.8. The second kappa shape index (κ2) is 5.08. The molecule has 2 heterocycles. The maximum Gasteiger partial charge on any atom is 0.252 e. The van der Waals surface area contributed by atoms with Crippen LogP contribution in [0.5, 0.6) is 0 Å². The maximum absolute atomic E-state index is 4.37. The van der Waals surface area contributed by atoms with Gasteiger partial charge in [0.05, 0.1) is 11.4 Å². The first-order chi connectivity index (χ1) is 7.69. The largest absolute Gasteiger partial charge is 0.252 e. The smallest absolute Gasteiger partial charge is 0.213 e. The first-order valence-corrected chi connectivity index (χ1v) is 8.80. The van der Waals surface area contributed by atoms with Crippen LogP contribution < -0.4 is 0 Å². The molecule has 0 unspecified atom stereocenters. The highest BCUT2D eigenvalue weighted by Crippen LogP contribution is 2.48. The van der Waals surface area contributed by atoms with Crippen LogP contribution in [0, 0.1) is 0 Å². The molecule has 92 valence electrons. The molecule has 0 bridgehead atoms. The van der Waals surface area contributed by atoms with E-state index in [-0.39, 0.29) is 0 Å². The lowest BCUT2D eigenvalue weighted by atomic mass is 10.3. The summed E-state index contributed by atoms with van der Waals surface area (Å²) in [4.78, 5) is 8.45. The van der Waals surface area contributed by atoms with E-state index in [1.807, 2.05) is 6.07 Å². The highest BCUT2D eigenvalue weighted by molar-refractivity contribution is 9.39. The fourth-order valence-corrected chi connectivity index (χ4v) is 2.62. The van der Waals surface area contributed by atoms with Crippen LogP contribution in [0.25, 0.3) is 5.78 Å². The van der Waals surface area contributed by atoms with Gasteiger partial charge in [-0.2, -0.15) is 14.6 Å². The first-order valence-electron chi connectivity index (χ1n) is 4.05. The third-order valence-electron chi connectivity index (χ3n) is 1.83. The van der Waals surface area contributed by atoms with E-state index in [4.69, 9.17) is 0 Å². The third-order valence-corrected chi connectivity index (χ3v) is 4.27. The molecule has 0 saturated carbocycles. The Labute approximate surface area is 147 Å². The molecule has 0 atom stereocenters. The molecule has 0 fully saturated rings. The Morgan fingerprint density at radius 1 is 1.00 bits per heavy atom. The molecule has 0 aromatic carbocycles. The Bertz CT molecular complexity index is 553. The average Bonchev–Trinajstić information content (AvgIpc) is 2.59. The Morgan fingerprint density at radius 2 is 1.65 bits per heavy atom. The molecule has 0 aliphatic rings. The van der Waals surface area contributed by atoms with E-state index in [0.29, 0.717) is 5.78 Å². The van der Waals surface area contributed by atoms with E-state index >= 15 is 0 Å². The van der Waals surface area contributed by atoms with E-state index in [2.05, 4.69) is 111 Å². The number of alkyl halides is 6. The topological polar surface area (TPSA) is 43.1 Å². The van der Waals surface area contributed by atoms with Crippen LogP contribution >= 0.6 is 95.6 Å². The zero-order valence-electron chi connectivity index (χ0n) is 7.71. The van der Waals surface area contributed by atoms with E-state index in [0.717, 1.165) is 11.4 Å². The molecule has 2 rings (SSSR count). The van der Waals surface area contributed by atoms with Gasteiger partial charge in [-0.15, -0.1) is 0 Å². The quantitative estimate of drug-likeness (QED) is 0.401. The summed E-state index contributed by atoms with van der Waals surface area (Å²) < 4.78 is 0.420. The van der Waals surface area contributed by atoms with Gasteiger partial charge in [0, 0.05) is 0 Å². The van der Waals surface area contributed by atoms with Crippen molar-refractivity contribution in [1.29, 1.82) is 0 Å². The molecule has 0 aliphatic carbocycles. The molecular weight excluding hydrogens is 620 g/mol. The van der Waals surface area contributed by atoms with Crippen molar-refractivity contribution in [2.45, 2.75) is 4.29 Å². The predicted molar refractivity (Wildman–Crippen MR) is 87.7 cm³/mol. The molecular formula is C7H2Br6N4. The molecule has 0 amide bonds. The van der Waals surface area contributed by atoms with Crippen LogP contribution in [-0.4, -0.2) is 19.6 Å². The summed E-state index contributed by atoms with van der Waals surface area (Å²) in [6.07, 6.45) is 1.45. The van der Waals surface area contributed by atoms with E-state index in [9.17, 15) is 0 Å². The number of nitrogens with zero attached hydrogens (tertiary/aromatic N) is 4. The van der Waals surface area contributed by atoms with Crippen molar-refractivity contribution in [3.63, 3.8) is 0 Å². The van der Waals surface area contributed by atoms with Crippen molar-refractivity contribution in [3.05, 3.63) is 23.8 Å². The fourth-order valence-electron chi connectivity index (χ4n) is 1.16. The normalized spacial score (nSPS) is 13.3. The van der Waals surface area contributed by atoms with E-state index in [1.54, 1.807) is 4.52 Å². The average molecular weight is 622 g/mol. The molecule has 0 spiro atoms. The van der Waals surface area contributed by atoms with Crippen LogP contribution in [-0.2, 0) is 4.29 Å². The molecule has 2 aromatic rings. The van der Waals surface area contributed by atoms with E-state index < -0.39 is 4.29 Å². The summed E-state index contributed by atoms with van der Waals surface area (Å²) in [5.74, 6) is 0.503. The minimum Gasteiger partial charge on any atom is -0.213 e. The highest BCUT2D eigenvalue weighted by Gasteiger charge is 2.31. The lowest BCUT2D eigenvalue weighted by molar-refractivity contribution is 0.867. The molecule has 10 heteroatoms. The number of hydrogen-bond donors (Lipinski definition) is 0. The van der Waals surface area contributed by atoms with Gasteiger partial charge in [0.1, 0.15) is 6.33 Å². The van der Waals surface area contributed by atoms with Gasteiger partial charge < -0.3 is 0 Å². The van der Waals surface area contributed by atoms with Crippen molar-refractivity contribution in [2.75, 3.05) is 0 Å². The molecule has 0 saturated heterocycles. The summed E-state index contributed by atoms with van der Waals surface area (Å²) in [6, 6.07) is 1.86. The Balaban J connectivity index is 2.76. The van der Waals surface area contributed by atoms with Gasteiger partial charge in [0.25, 0.3) is 5.78 Å². The fraction of sp³-hybridized carbons (Fsp3) is 0.286. The minimum absolute atomic E-state index is 0.503. The summed E-state index contributed by atoms with van der Waals surface area (Å²) in [7, 11) is 0. The number of halogens is 6. The molecule has 17 heavy (non-hydrogen) atoms. The second-order valence-electron chi connectivity index (χ2n) is 2.99. The Morgan fingerprint density at radius 3 is 2.18 bits per heavy atom. The van der Waals surface area contributed by atoms with Gasteiger partial charge in [-0.1, -0.05) is 95.6 Å². The number of aromatic nitrogens is 4. The molecule has 0 radical (unpaired) electrons. The van der Waals surface area contributed by atoms with Crippen molar-refractivity contribution in [1.82, 2.24) is 19.6 Å². The highest BCUT2D eigenvalue weighted by atomic mass is 80.0. The monoisotopic (exact) mass is 616 g/mol. The number of rotatable bonds is 0. The van der Waals surface area contributed by atoms with Crippen molar-refractivity contribution in [2.24, 2.45) is 0 Å². The van der Waals surface area contributed by atoms with Crippen molar-refractivity contribution >= 4 is 101 Å². The SMILES string of the molecule is BrC(Br)(Br)c1cc(C(Br)(Br)Br)n2ncnc2n1. The van der Waals surface area contributed by atoms with Gasteiger partial charge in [0.2, 0.25) is 0 Å². The summed E-state index contributed by atoms with van der Waals surface area (Å²) in [6.45, 7) is 0. The van der Waals surface area contributed by atoms with Crippen molar-refractivity contribution < 1.29 is 0 Å². The summed E-state index contributed by atoms with van der Waals surface area (Å²) in [5.41, 5.74) is 1.52. The Hall–Kier alpha value is 1.43. The predicted octanol–water partition coefficient (Wildman–Crippen LogP) is 4.71. The number of hydrogen-bond acceptors (Lipinski definition) is 3. The molecule has 0 aliphatic heterocycles. The van der Waals surface area contributed by atoms with Crippen LogP contribution in [0.1, 0.15) is 11.4 Å². The van der Waals surface area contributed by atoms with Crippen molar-refractivity contribution in [3.8, 4) is 0 Å². The third kappa shape index (κ3) is 3.31. The molecule has 0 N–H and O–H groups in total. The van der Waals surface area contributed by atoms with Crippen LogP contribution in [0.2, 0.25) is 0 Å². The van der Waals surface area contributed by atoms with E-state index in [1.165, 1.54) is 6.33 Å². The summed E-state index contributed by atoms with van der Waals surface area (Å²) in [5, 5.41) is 4.12. The van der Waals surface area contributed by atoms with Gasteiger partial charge in [-0.05, 0) is 6.07 Å². The summed E-state index contributed by atoms with van der Waals surface area (Å²) >= 11 is 20.7. The van der Waals surface area contributed by atoms with Gasteiger partial charge in [-0.25, -0.2) is 4.98 Å². The van der Waals surface area contributed by atoms with Crippen LogP contribution in [0.4, 0.5) is 0 Å². The molecule has 4 nitrogen and oxygen atoms in total. The van der Waals surface area contributed by atoms with Gasteiger partial charge in [0.15, 0.2) is 4.29 Å². The minimum atomic E-state index is -0.603. The molecule has 2 aromatic heterocycles. The van der Waals surface area contributed by atoms with Crippen LogP contribution in [0.15, 0.2) is 12.4 Å². The zero-order chi connectivity index (χ0) is 12.8. The number of fused-ring (bicyclic) bond motifs is 1. The lowest BCUT2D eigenvalue weighted by Gasteiger charge is -2.17. The zero-order valence-corrected chi connectivity index (χ0v) is 17.2. The lowest BCUT2D eigenvalue weighted by Crippen LogP contribution is -2.13.